The number of carboxylic acid groups (broad SMARTS) is 1. The highest BCUT2D eigenvalue weighted by molar-refractivity contribution is 7.14. The van der Waals surface area contributed by atoms with Crippen LogP contribution in [0.2, 0.25) is 0 Å². The lowest BCUT2D eigenvalue weighted by Crippen LogP contribution is -2.37. The van der Waals surface area contributed by atoms with E-state index in [4.69, 9.17) is 5.11 Å². The molecule has 0 aliphatic heterocycles. The van der Waals surface area contributed by atoms with Crippen LogP contribution in [0.3, 0.4) is 0 Å². The maximum Gasteiger partial charge on any atom is 0.325 e. The van der Waals surface area contributed by atoms with Crippen molar-refractivity contribution in [1.29, 1.82) is 0 Å². The molecule has 0 aromatic carbocycles. The molecule has 0 saturated heterocycles. The van der Waals surface area contributed by atoms with Crippen LogP contribution >= 0.6 is 11.3 Å². The van der Waals surface area contributed by atoms with E-state index in [-0.39, 0.29) is 5.91 Å². The molecule has 5 heteroatoms. The second-order valence-corrected chi connectivity index (χ2v) is 6.25. The molecule has 2 rings (SSSR count). The zero-order valence-electron chi connectivity index (χ0n) is 11.2. The number of rotatable bonds is 4. The molecule has 0 spiro atoms. The highest BCUT2D eigenvalue weighted by atomic mass is 32.1. The third-order valence-electron chi connectivity index (χ3n) is 3.70. The lowest BCUT2D eigenvalue weighted by atomic mass is 9.87. The zero-order valence-corrected chi connectivity index (χ0v) is 12.0. The van der Waals surface area contributed by atoms with Gasteiger partial charge >= 0.3 is 5.97 Å². The number of hydrogen-bond donors (Lipinski definition) is 2. The Morgan fingerprint density at radius 2 is 2.32 bits per heavy atom. The summed E-state index contributed by atoms with van der Waals surface area (Å²) in [4.78, 5) is 24.6. The van der Waals surface area contributed by atoms with Crippen molar-refractivity contribution in [1.82, 2.24) is 5.32 Å². The number of amides is 1. The van der Waals surface area contributed by atoms with Gasteiger partial charge in [-0.15, -0.1) is 11.3 Å². The fraction of sp³-hybridized carbons (Fsp3) is 0.571. The van der Waals surface area contributed by atoms with E-state index in [1.165, 1.54) is 41.5 Å². The Hall–Kier alpha value is -1.36. The van der Waals surface area contributed by atoms with Gasteiger partial charge in [0.05, 0.1) is 4.88 Å². The molecule has 19 heavy (non-hydrogen) atoms. The Morgan fingerprint density at radius 3 is 2.95 bits per heavy atom. The van der Waals surface area contributed by atoms with Gasteiger partial charge in [0, 0.05) is 4.88 Å². The molecular formula is C14H19NO3S. The smallest absolute Gasteiger partial charge is 0.325 e. The predicted octanol–water partition coefficient (Wildman–Crippen LogP) is 2.47. The minimum Gasteiger partial charge on any atom is -0.480 e. The van der Waals surface area contributed by atoms with Crippen molar-refractivity contribution in [2.75, 3.05) is 0 Å². The molecule has 0 bridgehead atoms. The summed E-state index contributed by atoms with van der Waals surface area (Å²) in [6.45, 7) is 3.67. The first-order valence-corrected chi connectivity index (χ1v) is 7.48. The van der Waals surface area contributed by atoms with Gasteiger partial charge in [-0.1, -0.05) is 13.3 Å². The maximum atomic E-state index is 12.0. The number of carbonyl (C=O) groups excluding carboxylic acids is 1. The van der Waals surface area contributed by atoms with Crippen LogP contribution in [0.5, 0.6) is 0 Å². The molecule has 1 aromatic rings. The Morgan fingerprint density at radius 1 is 1.58 bits per heavy atom. The molecular weight excluding hydrogens is 262 g/mol. The standard InChI is InChI=1S/C14H19NO3S/c1-3-9-4-5-11-10(6-9)7-12(19-11)13(16)15-8(2)14(17)18/h7-9H,3-6H2,1-2H3,(H,15,16)(H,17,18)/t8-,9?/m1/s1. The summed E-state index contributed by atoms with van der Waals surface area (Å²) in [5.41, 5.74) is 1.27. The van der Waals surface area contributed by atoms with Gasteiger partial charge < -0.3 is 10.4 Å². The first-order valence-electron chi connectivity index (χ1n) is 6.66. The number of aliphatic carboxylic acids is 1. The van der Waals surface area contributed by atoms with Crippen LogP contribution in [-0.2, 0) is 17.6 Å². The molecule has 1 aliphatic rings. The summed E-state index contributed by atoms with van der Waals surface area (Å²) in [5.74, 6) is -0.570. The number of aryl methyl sites for hydroxylation is 1. The average Bonchev–Trinajstić information content (AvgIpc) is 2.81. The Bertz CT molecular complexity index is 495. The van der Waals surface area contributed by atoms with E-state index in [1.54, 1.807) is 0 Å². The molecule has 104 valence electrons. The van der Waals surface area contributed by atoms with Crippen LogP contribution in [0.15, 0.2) is 6.07 Å². The summed E-state index contributed by atoms with van der Waals surface area (Å²) >= 11 is 1.50. The van der Waals surface area contributed by atoms with Gasteiger partial charge in [-0.25, -0.2) is 0 Å². The molecule has 2 atom stereocenters. The zero-order chi connectivity index (χ0) is 14.0. The monoisotopic (exact) mass is 281 g/mol. The van der Waals surface area contributed by atoms with E-state index >= 15 is 0 Å². The van der Waals surface area contributed by atoms with Gasteiger partial charge in [0.1, 0.15) is 6.04 Å². The van der Waals surface area contributed by atoms with E-state index < -0.39 is 12.0 Å². The summed E-state index contributed by atoms with van der Waals surface area (Å²) < 4.78 is 0. The third-order valence-corrected chi connectivity index (χ3v) is 4.94. The van der Waals surface area contributed by atoms with Crippen LogP contribution < -0.4 is 5.32 Å². The van der Waals surface area contributed by atoms with Gasteiger partial charge in [-0.3, -0.25) is 9.59 Å². The van der Waals surface area contributed by atoms with E-state index in [2.05, 4.69) is 12.2 Å². The van der Waals surface area contributed by atoms with Crippen molar-refractivity contribution in [2.45, 2.75) is 45.6 Å². The van der Waals surface area contributed by atoms with Crippen molar-refractivity contribution in [3.8, 4) is 0 Å². The molecule has 1 aromatic heterocycles. The third kappa shape index (κ3) is 3.15. The summed E-state index contributed by atoms with van der Waals surface area (Å²) in [6.07, 6.45) is 4.45. The number of hydrogen-bond acceptors (Lipinski definition) is 3. The number of carboxylic acids is 1. The lowest BCUT2D eigenvalue weighted by molar-refractivity contribution is -0.138. The summed E-state index contributed by atoms with van der Waals surface area (Å²) in [7, 11) is 0. The van der Waals surface area contributed by atoms with Crippen LogP contribution in [0.4, 0.5) is 0 Å². The first-order chi connectivity index (χ1) is 9.01. The SMILES string of the molecule is CCC1CCc2sc(C(=O)N[C@H](C)C(=O)O)cc2C1. The largest absolute Gasteiger partial charge is 0.480 e. The fourth-order valence-corrected chi connectivity index (χ4v) is 3.50. The number of fused-ring (bicyclic) bond motifs is 1. The van der Waals surface area contributed by atoms with Crippen molar-refractivity contribution >= 4 is 23.2 Å². The fourth-order valence-electron chi connectivity index (χ4n) is 2.39. The second kappa shape index (κ2) is 5.74. The molecule has 1 unspecified atom stereocenters. The maximum absolute atomic E-state index is 12.0. The van der Waals surface area contributed by atoms with E-state index in [9.17, 15) is 9.59 Å². The van der Waals surface area contributed by atoms with E-state index in [0.29, 0.717) is 4.88 Å². The Kier molecular flexibility index (Phi) is 4.24. The van der Waals surface area contributed by atoms with Crippen molar-refractivity contribution < 1.29 is 14.7 Å². The van der Waals surface area contributed by atoms with Gasteiger partial charge in [0.15, 0.2) is 0 Å². The van der Waals surface area contributed by atoms with Crippen LogP contribution in [0.25, 0.3) is 0 Å². The van der Waals surface area contributed by atoms with Crippen molar-refractivity contribution in [2.24, 2.45) is 5.92 Å². The van der Waals surface area contributed by atoms with Crippen LogP contribution in [0, 0.1) is 5.92 Å². The number of thiophene rings is 1. The minimum atomic E-state index is -1.01. The van der Waals surface area contributed by atoms with Gasteiger partial charge in [-0.2, -0.15) is 0 Å². The number of nitrogens with one attached hydrogen (secondary N) is 1. The Labute approximate surface area is 116 Å². The topological polar surface area (TPSA) is 66.4 Å². The summed E-state index contributed by atoms with van der Waals surface area (Å²) in [5, 5.41) is 11.3. The number of carbonyl (C=O) groups is 2. The predicted molar refractivity (Wildman–Crippen MR) is 74.7 cm³/mol. The van der Waals surface area contributed by atoms with Crippen molar-refractivity contribution in [3.05, 3.63) is 21.4 Å². The minimum absolute atomic E-state index is 0.276. The summed E-state index contributed by atoms with van der Waals surface area (Å²) in [6, 6.07) is 1.08. The first kappa shape index (κ1) is 14.1. The second-order valence-electron chi connectivity index (χ2n) is 5.11. The molecule has 0 saturated carbocycles. The average molecular weight is 281 g/mol. The molecule has 0 radical (unpaired) electrons. The highest BCUT2D eigenvalue weighted by Crippen LogP contribution is 2.33. The lowest BCUT2D eigenvalue weighted by Gasteiger charge is -2.19. The molecule has 1 amide bonds. The van der Waals surface area contributed by atoms with Gasteiger partial charge in [-0.05, 0) is 43.7 Å². The normalized spacial score (nSPS) is 19.6. The van der Waals surface area contributed by atoms with Gasteiger partial charge in [0.2, 0.25) is 0 Å². The van der Waals surface area contributed by atoms with E-state index in [0.717, 1.165) is 18.8 Å². The highest BCUT2D eigenvalue weighted by Gasteiger charge is 2.23. The van der Waals surface area contributed by atoms with E-state index in [1.807, 2.05) is 6.07 Å². The van der Waals surface area contributed by atoms with Crippen LogP contribution in [-0.4, -0.2) is 23.0 Å². The Balaban J connectivity index is 2.08. The molecule has 4 nitrogen and oxygen atoms in total. The molecule has 1 heterocycles. The van der Waals surface area contributed by atoms with Crippen molar-refractivity contribution in [3.63, 3.8) is 0 Å². The molecule has 2 N–H and O–H groups in total. The quantitative estimate of drug-likeness (QED) is 0.891. The molecule has 1 aliphatic carbocycles. The molecule has 0 fully saturated rings. The van der Waals surface area contributed by atoms with Crippen LogP contribution in [0.1, 0.15) is 46.8 Å². The van der Waals surface area contributed by atoms with Gasteiger partial charge in [0.25, 0.3) is 5.91 Å².